The van der Waals surface area contributed by atoms with E-state index in [-0.39, 0.29) is 12.2 Å². The summed E-state index contributed by atoms with van der Waals surface area (Å²) in [6.45, 7) is 3.27. The number of rotatable bonds is 3. The first-order valence-electron chi connectivity index (χ1n) is 5.59. The number of alkyl halides is 3. The quantitative estimate of drug-likeness (QED) is 0.920. The Balaban J connectivity index is 3.29. The first kappa shape index (κ1) is 15.3. The molecule has 0 aromatic heterocycles. The van der Waals surface area contributed by atoms with Crippen LogP contribution in [0, 0.1) is 11.3 Å². The van der Waals surface area contributed by atoms with Crippen LogP contribution in [-0.4, -0.2) is 24.3 Å². The van der Waals surface area contributed by atoms with Crippen molar-refractivity contribution in [3.63, 3.8) is 0 Å². The zero-order valence-corrected chi connectivity index (χ0v) is 10.9. The van der Waals surface area contributed by atoms with Gasteiger partial charge in [-0.1, -0.05) is 0 Å². The van der Waals surface area contributed by atoms with Crippen LogP contribution in [-0.2, 0) is 6.18 Å². The van der Waals surface area contributed by atoms with Gasteiger partial charge < -0.3 is 10.0 Å². The zero-order chi connectivity index (χ0) is 14.8. The van der Waals surface area contributed by atoms with E-state index >= 15 is 0 Å². The van der Waals surface area contributed by atoms with E-state index in [2.05, 4.69) is 0 Å². The Morgan fingerprint density at radius 2 is 1.89 bits per heavy atom. The summed E-state index contributed by atoms with van der Waals surface area (Å²) in [4.78, 5) is 1.59. The van der Waals surface area contributed by atoms with Crippen molar-refractivity contribution in [3.8, 4) is 6.07 Å². The van der Waals surface area contributed by atoms with Gasteiger partial charge in [0, 0.05) is 7.05 Å². The predicted octanol–water partition coefficient (Wildman–Crippen LogP) is 2.78. The van der Waals surface area contributed by atoms with Gasteiger partial charge >= 0.3 is 6.18 Å². The van der Waals surface area contributed by atoms with Crippen LogP contribution in [0.4, 0.5) is 18.9 Å². The summed E-state index contributed by atoms with van der Waals surface area (Å²) in [6.07, 6.45) is -4.48. The van der Waals surface area contributed by atoms with E-state index in [9.17, 15) is 18.3 Å². The average molecular weight is 272 g/mol. The molecule has 0 heterocycles. The Labute approximate surface area is 109 Å². The molecule has 1 aromatic carbocycles. The van der Waals surface area contributed by atoms with Crippen molar-refractivity contribution in [2.45, 2.75) is 25.6 Å². The van der Waals surface area contributed by atoms with E-state index in [4.69, 9.17) is 5.26 Å². The van der Waals surface area contributed by atoms with Gasteiger partial charge in [-0.2, -0.15) is 18.4 Å². The lowest BCUT2D eigenvalue weighted by atomic mass is 10.0. The number of halogens is 3. The van der Waals surface area contributed by atoms with E-state index in [1.807, 2.05) is 0 Å². The second kappa shape index (κ2) is 5.10. The molecule has 0 saturated heterocycles. The second-order valence-corrected chi connectivity index (χ2v) is 4.87. The molecule has 19 heavy (non-hydrogen) atoms. The van der Waals surface area contributed by atoms with E-state index in [0.717, 1.165) is 12.1 Å². The molecule has 0 spiro atoms. The topological polar surface area (TPSA) is 47.3 Å². The molecule has 0 fully saturated rings. The second-order valence-electron chi connectivity index (χ2n) is 4.87. The highest BCUT2D eigenvalue weighted by Gasteiger charge is 2.32. The number of likely N-dealkylation sites (N-methyl/N-ethyl adjacent to an activating group) is 1. The lowest BCUT2D eigenvalue weighted by Crippen LogP contribution is -2.44. The van der Waals surface area contributed by atoms with Gasteiger partial charge in [-0.15, -0.1) is 0 Å². The molecule has 0 saturated carbocycles. The molecule has 1 aromatic rings. The average Bonchev–Trinajstić information content (AvgIpc) is 2.35. The van der Waals surface area contributed by atoms with Crippen LogP contribution in [0.15, 0.2) is 18.2 Å². The number of aliphatic hydroxyl groups excluding tert-OH is 1. The number of anilines is 1. The Hall–Kier alpha value is -1.74. The molecule has 0 amide bonds. The van der Waals surface area contributed by atoms with E-state index in [1.54, 1.807) is 31.9 Å². The van der Waals surface area contributed by atoms with Crippen molar-refractivity contribution in [1.82, 2.24) is 0 Å². The number of aliphatic hydroxyl groups is 1. The van der Waals surface area contributed by atoms with Crippen molar-refractivity contribution in [2.24, 2.45) is 0 Å². The fourth-order valence-corrected chi connectivity index (χ4v) is 1.53. The number of hydrogen-bond donors (Lipinski definition) is 1. The molecule has 0 aliphatic rings. The molecule has 6 heteroatoms. The fourth-order valence-electron chi connectivity index (χ4n) is 1.53. The minimum absolute atomic E-state index is 0.0705. The van der Waals surface area contributed by atoms with E-state index in [1.165, 1.54) is 6.07 Å². The van der Waals surface area contributed by atoms with Gasteiger partial charge in [0.1, 0.15) is 6.07 Å². The number of benzene rings is 1. The SMILES string of the molecule is CN(c1ccc(C(F)(F)F)cc1C#N)C(C)(C)CO. The van der Waals surface area contributed by atoms with Crippen LogP contribution < -0.4 is 4.90 Å². The first-order chi connectivity index (χ1) is 8.63. The summed E-state index contributed by atoms with van der Waals surface area (Å²) in [5.74, 6) is 0. The number of hydrogen-bond acceptors (Lipinski definition) is 3. The Bertz CT molecular complexity index is 504. The summed E-state index contributed by atoms with van der Waals surface area (Å²) < 4.78 is 37.7. The summed E-state index contributed by atoms with van der Waals surface area (Å²) in [7, 11) is 1.62. The normalized spacial score (nSPS) is 12.1. The summed E-state index contributed by atoms with van der Waals surface area (Å²) in [6, 6.07) is 4.76. The Morgan fingerprint density at radius 3 is 2.32 bits per heavy atom. The third-order valence-electron chi connectivity index (χ3n) is 3.10. The van der Waals surface area contributed by atoms with Gasteiger partial charge in [-0.25, -0.2) is 0 Å². The zero-order valence-electron chi connectivity index (χ0n) is 10.9. The van der Waals surface area contributed by atoms with Crippen LogP contribution in [0.2, 0.25) is 0 Å². The minimum atomic E-state index is -4.48. The highest BCUT2D eigenvalue weighted by Crippen LogP contribution is 2.33. The smallest absolute Gasteiger partial charge is 0.394 e. The fraction of sp³-hybridized carbons (Fsp3) is 0.462. The summed E-state index contributed by atoms with van der Waals surface area (Å²) >= 11 is 0. The highest BCUT2D eigenvalue weighted by molar-refractivity contribution is 5.61. The van der Waals surface area contributed by atoms with Gasteiger partial charge in [-0.05, 0) is 32.0 Å². The molecule has 0 unspecified atom stereocenters. The van der Waals surface area contributed by atoms with Crippen molar-refractivity contribution in [3.05, 3.63) is 29.3 Å². The molecule has 0 atom stereocenters. The van der Waals surface area contributed by atoms with E-state index < -0.39 is 17.3 Å². The molecular formula is C13H15F3N2O. The highest BCUT2D eigenvalue weighted by atomic mass is 19.4. The van der Waals surface area contributed by atoms with Crippen LogP contribution in [0.25, 0.3) is 0 Å². The van der Waals surface area contributed by atoms with Crippen LogP contribution in [0.3, 0.4) is 0 Å². The third kappa shape index (κ3) is 3.18. The van der Waals surface area contributed by atoms with Gasteiger partial charge in [0.25, 0.3) is 0 Å². The monoisotopic (exact) mass is 272 g/mol. The number of nitrogens with zero attached hydrogens (tertiary/aromatic N) is 2. The standard InChI is InChI=1S/C13H15F3N2O/c1-12(2,8-19)18(3)11-5-4-10(13(14,15)16)6-9(11)7-17/h4-6,19H,8H2,1-3H3. The molecular weight excluding hydrogens is 257 g/mol. The maximum Gasteiger partial charge on any atom is 0.416 e. The lowest BCUT2D eigenvalue weighted by molar-refractivity contribution is -0.137. The van der Waals surface area contributed by atoms with Crippen molar-refractivity contribution >= 4 is 5.69 Å². The minimum Gasteiger partial charge on any atom is -0.394 e. The lowest BCUT2D eigenvalue weighted by Gasteiger charge is -2.36. The Morgan fingerprint density at radius 1 is 1.32 bits per heavy atom. The maximum absolute atomic E-state index is 12.6. The molecule has 104 valence electrons. The summed E-state index contributed by atoms with van der Waals surface area (Å²) in [5.41, 5.74) is -1.25. The van der Waals surface area contributed by atoms with Crippen molar-refractivity contribution < 1.29 is 18.3 Å². The van der Waals surface area contributed by atoms with Gasteiger partial charge in [-0.3, -0.25) is 0 Å². The largest absolute Gasteiger partial charge is 0.416 e. The first-order valence-corrected chi connectivity index (χ1v) is 5.59. The Kier molecular flexibility index (Phi) is 4.11. The molecule has 0 radical (unpaired) electrons. The molecule has 1 N–H and O–H groups in total. The van der Waals surface area contributed by atoms with Gasteiger partial charge in [0.2, 0.25) is 0 Å². The third-order valence-corrected chi connectivity index (χ3v) is 3.10. The number of nitriles is 1. The van der Waals surface area contributed by atoms with Crippen LogP contribution >= 0.6 is 0 Å². The van der Waals surface area contributed by atoms with Crippen molar-refractivity contribution in [1.29, 1.82) is 5.26 Å². The predicted molar refractivity (Wildman–Crippen MR) is 65.7 cm³/mol. The molecule has 1 rings (SSSR count). The molecule has 0 bridgehead atoms. The maximum atomic E-state index is 12.6. The van der Waals surface area contributed by atoms with E-state index in [0.29, 0.717) is 5.69 Å². The summed E-state index contributed by atoms with van der Waals surface area (Å²) in [5, 5.41) is 18.3. The molecule has 0 aliphatic heterocycles. The van der Waals surface area contributed by atoms with Crippen LogP contribution in [0.5, 0.6) is 0 Å². The molecule has 0 aliphatic carbocycles. The van der Waals surface area contributed by atoms with Crippen LogP contribution in [0.1, 0.15) is 25.0 Å². The van der Waals surface area contributed by atoms with Gasteiger partial charge in [0.05, 0.1) is 29.0 Å². The van der Waals surface area contributed by atoms with Crippen molar-refractivity contribution in [2.75, 3.05) is 18.6 Å². The van der Waals surface area contributed by atoms with Gasteiger partial charge in [0.15, 0.2) is 0 Å². The molecule has 3 nitrogen and oxygen atoms in total.